The Hall–Kier alpha value is -1.32. The van der Waals surface area contributed by atoms with Crippen molar-refractivity contribution in [1.29, 1.82) is 0 Å². The van der Waals surface area contributed by atoms with Crippen LogP contribution in [-0.4, -0.2) is 16.6 Å². The van der Waals surface area contributed by atoms with Crippen LogP contribution >= 0.6 is 0 Å². The fourth-order valence-corrected chi connectivity index (χ4v) is 1.72. The third-order valence-electron chi connectivity index (χ3n) is 2.52. The normalized spacial score (nSPS) is 13.4. The first-order chi connectivity index (χ1) is 6.72. The number of aromatic nitrogens is 1. The molecule has 74 valence electrons. The summed E-state index contributed by atoms with van der Waals surface area (Å²) in [5.41, 5.74) is 8.46. The number of fused-ring (bicyclic) bond motifs is 1. The Morgan fingerprint density at radius 3 is 3.00 bits per heavy atom. The van der Waals surface area contributed by atoms with Crippen LogP contribution in [0.2, 0.25) is 0 Å². The molecule has 14 heavy (non-hydrogen) atoms. The Kier molecular flexibility index (Phi) is 2.27. The number of benzene rings is 1. The SMILES string of the molecule is Cc1cc2cc[nH]c2cc1C(O)CN. The smallest absolute Gasteiger partial charge is 0.0915 e. The van der Waals surface area contributed by atoms with Crippen LogP contribution in [0.25, 0.3) is 10.9 Å². The van der Waals surface area contributed by atoms with Crippen molar-refractivity contribution in [3.05, 3.63) is 35.5 Å². The van der Waals surface area contributed by atoms with Crippen LogP contribution in [0.1, 0.15) is 17.2 Å². The van der Waals surface area contributed by atoms with E-state index in [2.05, 4.69) is 11.1 Å². The van der Waals surface area contributed by atoms with E-state index in [4.69, 9.17) is 5.73 Å². The maximum Gasteiger partial charge on any atom is 0.0915 e. The molecule has 1 aromatic carbocycles. The third kappa shape index (κ3) is 1.41. The maximum atomic E-state index is 9.67. The van der Waals surface area contributed by atoms with Crippen LogP contribution in [0.15, 0.2) is 24.4 Å². The van der Waals surface area contributed by atoms with E-state index in [1.54, 1.807) is 0 Å². The number of aromatic amines is 1. The number of nitrogens with one attached hydrogen (secondary N) is 1. The monoisotopic (exact) mass is 190 g/mol. The van der Waals surface area contributed by atoms with Crippen molar-refractivity contribution in [3.8, 4) is 0 Å². The van der Waals surface area contributed by atoms with Gasteiger partial charge in [-0.25, -0.2) is 0 Å². The highest BCUT2D eigenvalue weighted by molar-refractivity contribution is 5.81. The number of H-pyrrole nitrogens is 1. The van der Waals surface area contributed by atoms with E-state index in [0.717, 1.165) is 22.0 Å². The van der Waals surface area contributed by atoms with Crippen molar-refractivity contribution in [2.45, 2.75) is 13.0 Å². The first-order valence-electron chi connectivity index (χ1n) is 4.68. The van der Waals surface area contributed by atoms with Crippen LogP contribution in [-0.2, 0) is 0 Å². The second kappa shape index (κ2) is 3.44. The first-order valence-corrected chi connectivity index (χ1v) is 4.68. The molecule has 3 heteroatoms. The number of rotatable bonds is 2. The molecule has 0 radical (unpaired) electrons. The van der Waals surface area contributed by atoms with Gasteiger partial charge < -0.3 is 15.8 Å². The Morgan fingerprint density at radius 2 is 2.29 bits per heavy atom. The summed E-state index contributed by atoms with van der Waals surface area (Å²) < 4.78 is 0. The van der Waals surface area contributed by atoms with Crippen molar-refractivity contribution in [3.63, 3.8) is 0 Å². The van der Waals surface area contributed by atoms with E-state index < -0.39 is 6.10 Å². The predicted molar refractivity (Wildman–Crippen MR) is 57.0 cm³/mol. The Morgan fingerprint density at radius 1 is 1.50 bits per heavy atom. The summed E-state index contributed by atoms with van der Waals surface area (Å²) in [5, 5.41) is 10.8. The van der Waals surface area contributed by atoms with Gasteiger partial charge in [0.2, 0.25) is 0 Å². The van der Waals surface area contributed by atoms with E-state index >= 15 is 0 Å². The standard InChI is InChI=1S/C11H14N2O/c1-7-4-8-2-3-13-10(8)5-9(7)11(14)6-12/h2-5,11,13-14H,6,12H2,1H3. The summed E-state index contributed by atoms with van der Waals surface area (Å²) in [6, 6.07) is 6.03. The molecule has 0 saturated heterocycles. The fraction of sp³-hybridized carbons (Fsp3) is 0.273. The van der Waals surface area contributed by atoms with E-state index in [-0.39, 0.29) is 6.54 Å². The molecule has 0 aliphatic carbocycles. The molecule has 0 bridgehead atoms. The van der Waals surface area contributed by atoms with E-state index in [0.29, 0.717) is 0 Å². The number of aliphatic hydroxyl groups excluding tert-OH is 1. The first kappa shape index (κ1) is 9.24. The maximum absolute atomic E-state index is 9.67. The summed E-state index contributed by atoms with van der Waals surface area (Å²) >= 11 is 0. The minimum Gasteiger partial charge on any atom is -0.387 e. The molecule has 1 unspecified atom stereocenters. The molecule has 0 aliphatic rings. The fourth-order valence-electron chi connectivity index (χ4n) is 1.72. The van der Waals surface area contributed by atoms with Crippen LogP contribution in [0.3, 0.4) is 0 Å². The van der Waals surface area contributed by atoms with Gasteiger partial charge in [-0.3, -0.25) is 0 Å². The minimum atomic E-state index is -0.567. The largest absolute Gasteiger partial charge is 0.387 e. The lowest BCUT2D eigenvalue weighted by Crippen LogP contribution is -2.12. The van der Waals surface area contributed by atoms with Gasteiger partial charge in [-0.1, -0.05) is 0 Å². The zero-order chi connectivity index (χ0) is 10.1. The molecule has 0 fully saturated rings. The molecule has 3 nitrogen and oxygen atoms in total. The highest BCUT2D eigenvalue weighted by Gasteiger charge is 2.09. The topological polar surface area (TPSA) is 62.0 Å². The van der Waals surface area contributed by atoms with Gasteiger partial charge >= 0.3 is 0 Å². The summed E-state index contributed by atoms with van der Waals surface area (Å²) in [5.74, 6) is 0. The number of aryl methyl sites for hydroxylation is 1. The van der Waals surface area contributed by atoms with Crippen LogP contribution in [0.5, 0.6) is 0 Å². The molecule has 1 atom stereocenters. The minimum absolute atomic E-state index is 0.257. The molecular formula is C11H14N2O. The lowest BCUT2D eigenvalue weighted by atomic mass is 10.0. The molecule has 0 amide bonds. The average molecular weight is 190 g/mol. The number of nitrogens with two attached hydrogens (primary N) is 1. The van der Waals surface area contributed by atoms with Gasteiger partial charge in [-0.15, -0.1) is 0 Å². The van der Waals surface area contributed by atoms with Gasteiger partial charge in [0.25, 0.3) is 0 Å². The van der Waals surface area contributed by atoms with Crippen molar-refractivity contribution < 1.29 is 5.11 Å². The highest BCUT2D eigenvalue weighted by Crippen LogP contribution is 2.23. The van der Waals surface area contributed by atoms with Gasteiger partial charge in [0.1, 0.15) is 0 Å². The van der Waals surface area contributed by atoms with Crippen molar-refractivity contribution in [2.75, 3.05) is 6.54 Å². The van der Waals surface area contributed by atoms with Crippen LogP contribution in [0.4, 0.5) is 0 Å². The van der Waals surface area contributed by atoms with E-state index in [9.17, 15) is 5.11 Å². The lowest BCUT2D eigenvalue weighted by molar-refractivity contribution is 0.186. The van der Waals surface area contributed by atoms with Crippen molar-refractivity contribution in [1.82, 2.24) is 4.98 Å². The zero-order valence-electron chi connectivity index (χ0n) is 8.12. The van der Waals surface area contributed by atoms with Gasteiger partial charge in [-0.2, -0.15) is 0 Å². The van der Waals surface area contributed by atoms with Crippen LogP contribution < -0.4 is 5.73 Å². The highest BCUT2D eigenvalue weighted by atomic mass is 16.3. The summed E-state index contributed by atoms with van der Waals surface area (Å²) in [6.07, 6.45) is 1.32. The Balaban J connectivity index is 2.58. The van der Waals surface area contributed by atoms with Crippen molar-refractivity contribution >= 4 is 10.9 Å². The summed E-state index contributed by atoms with van der Waals surface area (Å²) in [6.45, 7) is 2.24. The molecule has 1 heterocycles. The second-order valence-corrected chi connectivity index (χ2v) is 3.53. The predicted octanol–water partition coefficient (Wildman–Crippen LogP) is 1.47. The van der Waals surface area contributed by atoms with Gasteiger partial charge in [0.15, 0.2) is 0 Å². The van der Waals surface area contributed by atoms with E-state index in [1.165, 1.54) is 0 Å². The average Bonchev–Trinajstić information content (AvgIpc) is 2.62. The molecule has 0 aliphatic heterocycles. The summed E-state index contributed by atoms with van der Waals surface area (Å²) in [7, 11) is 0. The molecular weight excluding hydrogens is 176 g/mol. The summed E-state index contributed by atoms with van der Waals surface area (Å²) in [4.78, 5) is 3.11. The molecule has 0 spiro atoms. The lowest BCUT2D eigenvalue weighted by Gasteiger charge is -2.11. The van der Waals surface area contributed by atoms with Gasteiger partial charge in [-0.05, 0) is 41.6 Å². The quantitative estimate of drug-likeness (QED) is 0.671. The molecule has 1 aromatic heterocycles. The third-order valence-corrected chi connectivity index (χ3v) is 2.52. The number of hydrogen-bond donors (Lipinski definition) is 3. The second-order valence-electron chi connectivity index (χ2n) is 3.53. The number of aliphatic hydroxyl groups is 1. The van der Waals surface area contributed by atoms with Crippen LogP contribution in [0, 0.1) is 6.92 Å². The van der Waals surface area contributed by atoms with Crippen molar-refractivity contribution in [2.24, 2.45) is 5.73 Å². The molecule has 0 saturated carbocycles. The Bertz CT molecular complexity index is 447. The van der Waals surface area contributed by atoms with E-state index in [1.807, 2.05) is 25.3 Å². The van der Waals surface area contributed by atoms with Gasteiger partial charge in [0, 0.05) is 18.3 Å². The zero-order valence-corrected chi connectivity index (χ0v) is 8.12. The molecule has 2 rings (SSSR count). The molecule has 4 N–H and O–H groups in total. The molecule has 2 aromatic rings. The Labute approximate surface area is 82.6 Å². The van der Waals surface area contributed by atoms with Gasteiger partial charge in [0.05, 0.1) is 6.10 Å². The number of hydrogen-bond acceptors (Lipinski definition) is 2.